The third-order valence-corrected chi connectivity index (χ3v) is 7.90. The molecule has 0 unspecified atom stereocenters. The number of aliphatic hydroxyl groups excluding tert-OH is 1. The molecule has 1 saturated heterocycles. The molecule has 7 heteroatoms. The summed E-state index contributed by atoms with van der Waals surface area (Å²) in [4.78, 5) is 0. The minimum absolute atomic E-state index is 0.0625. The van der Waals surface area contributed by atoms with Crippen LogP contribution in [0.3, 0.4) is 0 Å². The molecular weight excluding hydrogens is 433 g/mol. The number of aromatic amines is 1. The van der Waals surface area contributed by atoms with Crippen LogP contribution in [-0.4, -0.2) is 44.5 Å². The number of nitrogens with zero attached hydrogens (tertiary/aromatic N) is 2. The van der Waals surface area contributed by atoms with E-state index < -0.39 is 6.29 Å². The molecule has 4 aromatic rings. The molecule has 34 heavy (non-hydrogen) atoms. The molecule has 2 aromatic heterocycles. The third kappa shape index (κ3) is 3.72. The lowest BCUT2D eigenvalue weighted by molar-refractivity contribution is -0.0937. The third-order valence-electron chi connectivity index (χ3n) is 7.90. The molecule has 6 rings (SSSR count). The molecule has 3 heterocycles. The van der Waals surface area contributed by atoms with Crippen molar-refractivity contribution in [3.05, 3.63) is 59.7 Å². The number of nitrogens with one attached hydrogen (secondary N) is 1. The second kappa shape index (κ2) is 8.80. The van der Waals surface area contributed by atoms with Crippen LogP contribution in [0, 0.1) is 11.7 Å². The number of hydrogen-bond acceptors (Lipinski definition) is 4. The van der Waals surface area contributed by atoms with E-state index in [-0.39, 0.29) is 11.7 Å². The number of hydrogen-bond donors (Lipinski definition) is 3. The second-order valence-electron chi connectivity index (χ2n) is 9.85. The topological polar surface area (TPSA) is 83.3 Å². The first-order chi connectivity index (χ1) is 16.6. The van der Waals surface area contributed by atoms with Crippen LogP contribution in [0.25, 0.3) is 27.5 Å². The van der Waals surface area contributed by atoms with E-state index in [2.05, 4.69) is 26.9 Å². The van der Waals surface area contributed by atoms with Crippen LogP contribution in [0.1, 0.15) is 61.6 Å². The minimum Gasteiger partial charge on any atom is -0.381 e. The monoisotopic (exact) mass is 463 g/mol. The van der Waals surface area contributed by atoms with Crippen molar-refractivity contribution in [3.8, 4) is 5.69 Å². The van der Waals surface area contributed by atoms with Crippen molar-refractivity contribution in [2.45, 2.75) is 56.7 Å². The number of aromatic nitrogens is 3. The molecule has 1 aliphatic carbocycles. The van der Waals surface area contributed by atoms with Crippen LogP contribution in [-0.2, 0) is 4.74 Å². The summed E-state index contributed by atoms with van der Waals surface area (Å²) >= 11 is 0. The highest BCUT2D eigenvalue weighted by molar-refractivity contribution is 5.99. The van der Waals surface area contributed by atoms with E-state index in [0.29, 0.717) is 11.8 Å². The molecule has 0 radical (unpaired) electrons. The van der Waals surface area contributed by atoms with Crippen LogP contribution in [0.2, 0.25) is 0 Å². The van der Waals surface area contributed by atoms with Crippen molar-refractivity contribution in [3.63, 3.8) is 0 Å². The average molecular weight is 464 g/mol. The first-order valence-corrected chi connectivity index (χ1v) is 12.3. The molecule has 2 aromatic carbocycles. The molecule has 6 nitrogen and oxygen atoms in total. The van der Waals surface area contributed by atoms with Gasteiger partial charge < -0.3 is 19.5 Å². The van der Waals surface area contributed by atoms with E-state index >= 15 is 0 Å². The van der Waals surface area contributed by atoms with Gasteiger partial charge in [-0.15, -0.1) is 0 Å². The summed E-state index contributed by atoms with van der Waals surface area (Å²) in [6.45, 7) is 1.48. The normalized spacial score (nSPS) is 22.2. The number of H-pyrrole nitrogens is 1. The maximum atomic E-state index is 13.9. The number of benzene rings is 2. The Hall–Kier alpha value is -2.74. The van der Waals surface area contributed by atoms with Gasteiger partial charge in [0.1, 0.15) is 5.82 Å². The molecule has 0 amide bonds. The van der Waals surface area contributed by atoms with E-state index in [1.54, 1.807) is 0 Å². The fourth-order valence-electron chi connectivity index (χ4n) is 6.15. The van der Waals surface area contributed by atoms with E-state index in [1.807, 2.05) is 18.3 Å². The summed E-state index contributed by atoms with van der Waals surface area (Å²) in [6.07, 6.45) is 5.93. The van der Waals surface area contributed by atoms with Gasteiger partial charge in [-0.2, -0.15) is 5.10 Å². The van der Waals surface area contributed by atoms with E-state index in [1.165, 1.54) is 28.8 Å². The zero-order valence-electron chi connectivity index (χ0n) is 19.1. The fraction of sp³-hybridized carbons (Fsp3) is 0.444. The Balaban J connectivity index is 1.60. The molecule has 1 aliphatic heterocycles. The number of fused-ring (bicyclic) bond motifs is 2. The van der Waals surface area contributed by atoms with Gasteiger partial charge in [-0.3, -0.25) is 5.10 Å². The van der Waals surface area contributed by atoms with Crippen molar-refractivity contribution in [2.24, 2.45) is 5.92 Å². The molecule has 1 saturated carbocycles. The summed E-state index contributed by atoms with van der Waals surface area (Å²) < 4.78 is 21.9. The van der Waals surface area contributed by atoms with E-state index in [0.717, 1.165) is 73.8 Å². The summed E-state index contributed by atoms with van der Waals surface area (Å²) in [5.41, 5.74) is 5.73. The zero-order valence-corrected chi connectivity index (χ0v) is 19.1. The van der Waals surface area contributed by atoms with Crippen LogP contribution in [0.15, 0.2) is 42.6 Å². The van der Waals surface area contributed by atoms with Crippen molar-refractivity contribution in [1.29, 1.82) is 0 Å². The number of halogens is 1. The lowest BCUT2D eigenvalue weighted by atomic mass is 9.76. The van der Waals surface area contributed by atoms with Gasteiger partial charge in [0.25, 0.3) is 0 Å². The molecule has 178 valence electrons. The summed E-state index contributed by atoms with van der Waals surface area (Å²) in [6, 6.07) is 11.2. The van der Waals surface area contributed by atoms with Crippen LogP contribution in [0.5, 0.6) is 0 Å². The quantitative estimate of drug-likeness (QED) is 0.367. The predicted octanol–water partition coefficient (Wildman–Crippen LogP) is 5.12. The fourth-order valence-corrected chi connectivity index (χ4v) is 6.15. The molecule has 3 N–H and O–H groups in total. The lowest BCUT2D eigenvalue weighted by Crippen LogP contribution is -2.25. The first-order valence-electron chi connectivity index (χ1n) is 12.3. The minimum atomic E-state index is -1.25. The molecular formula is C27H30FN3O3. The van der Waals surface area contributed by atoms with Crippen molar-refractivity contribution < 1.29 is 19.3 Å². The van der Waals surface area contributed by atoms with E-state index in [4.69, 9.17) is 4.74 Å². The van der Waals surface area contributed by atoms with Gasteiger partial charge in [0.2, 0.25) is 0 Å². The van der Waals surface area contributed by atoms with Crippen LogP contribution < -0.4 is 0 Å². The molecule has 2 aliphatic rings. The van der Waals surface area contributed by atoms with Gasteiger partial charge in [-0.05, 0) is 86.4 Å². The zero-order chi connectivity index (χ0) is 23.2. The molecule has 0 spiro atoms. The highest BCUT2D eigenvalue weighted by Crippen LogP contribution is 2.47. The Bertz CT molecular complexity index is 1300. The van der Waals surface area contributed by atoms with Crippen molar-refractivity contribution in [1.82, 2.24) is 14.8 Å². The largest absolute Gasteiger partial charge is 0.381 e. The molecule has 2 fully saturated rings. The smallest absolute Gasteiger partial charge is 0.154 e. The highest BCUT2D eigenvalue weighted by atomic mass is 19.1. The second-order valence-corrected chi connectivity index (χ2v) is 9.85. The Morgan fingerprint density at radius 3 is 2.41 bits per heavy atom. The Morgan fingerprint density at radius 2 is 1.71 bits per heavy atom. The van der Waals surface area contributed by atoms with Gasteiger partial charge in [0.15, 0.2) is 6.29 Å². The Labute approximate surface area is 197 Å². The number of rotatable bonds is 4. The average Bonchev–Trinajstić information content (AvgIpc) is 3.45. The summed E-state index contributed by atoms with van der Waals surface area (Å²) in [5.74, 6) is 0.370. The van der Waals surface area contributed by atoms with Gasteiger partial charge in [-0.1, -0.05) is 0 Å². The SMILES string of the molecule is OC(O)C1CCC(c2c(C3CCOCC3)n(-c3ccc(F)cc3)c3cc4cn[nH]c4cc23)CC1. The highest BCUT2D eigenvalue weighted by Gasteiger charge is 2.34. The maximum Gasteiger partial charge on any atom is 0.154 e. The van der Waals surface area contributed by atoms with Crippen LogP contribution in [0.4, 0.5) is 4.39 Å². The molecule has 0 atom stereocenters. The first kappa shape index (κ1) is 21.8. The van der Waals surface area contributed by atoms with Gasteiger partial charge in [-0.25, -0.2) is 4.39 Å². The summed E-state index contributed by atoms with van der Waals surface area (Å²) in [7, 11) is 0. The lowest BCUT2D eigenvalue weighted by Gasteiger charge is -2.32. The van der Waals surface area contributed by atoms with Gasteiger partial charge in [0.05, 0.1) is 17.2 Å². The van der Waals surface area contributed by atoms with Gasteiger partial charge in [0, 0.05) is 47.2 Å². The predicted molar refractivity (Wildman–Crippen MR) is 129 cm³/mol. The molecule has 0 bridgehead atoms. The number of aliphatic hydroxyl groups is 2. The maximum absolute atomic E-state index is 13.9. The Kier molecular flexibility index (Phi) is 5.63. The van der Waals surface area contributed by atoms with Crippen molar-refractivity contribution >= 4 is 21.8 Å². The van der Waals surface area contributed by atoms with E-state index in [9.17, 15) is 14.6 Å². The Morgan fingerprint density at radius 1 is 0.971 bits per heavy atom. The van der Waals surface area contributed by atoms with Crippen molar-refractivity contribution in [2.75, 3.05) is 13.2 Å². The summed E-state index contributed by atoms with van der Waals surface area (Å²) in [5, 5.41) is 29.1. The standard InChI is InChI=1S/C27H30FN3O3/c28-20-5-7-21(8-6-20)31-24-13-19-15-29-30-23(19)14-22(24)25(26(31)17-9-11-34-12-10-17)16-1-3-18(4-2-16)27(32)33/h5-8,13-18,27,32-33H,1-4,9-12H2,(H,29,30). The van der Waals surface area contributed by atoms with Gasteiger partial charge >= 0.3 is 0 Å². The number of ether oxygens (including phenoxy) is 1. The van der Waals surface area contributed by atoms with Crippen LogP contribution >= 0.6 is 0 Å².